The first-order chi connectivity index (χ1) is 11.6. The van der Waals surface area contributed by atoms with Crippen molar-refractivity contribution in [1.82, 2.24) is 5.32 Å². The molecule has 0 unspecified atom stereocenters. The van der Waals surface area contributed by atoms with Gasteiger partial charge in [0.15, 0.2) is 5.78 Å². The Labute approximate surface area is 141 Å². The molecule has 0 radical (unpaired) electrons. The molecule has 128 valence electrons. The van der Waals surface area contributed by atoms with E-state index in [9.17, 15) is 9.59 Å². The standard InChI is InChI=1S/C19H23NO4/c1-11(10-23-2)20-18(22)16-13-7-8-19(17(13)16)9-14(21)12-5-3-4-6-15(12)24-19/h3-6,11,13,16-17H,7-10H2,1-2H3,(H,20,22)/t11-,13-,16+,17-,19+/m0/s1. The number of ether oxygens (including phenoxy) is 2. The number of rotatable bonds is 4. The molecule has 0 bridgehead atoms. The van der Waals surface area contributed by atoms with Crippen LogP contribution in [0, 0.1) is 17.8 Å². The summed E-state index contributed by atoms with van der Waals surface area (Å²) >= 11 is 0. The Balaban J connectivity index is 1.51. The van der Waals surface area contributed by atoms with E-state index in [2.05, 4.69) is 5.32 Å². The average molecular weight is 329 g/mol. The molecule has 2 aliphatic carbocycles. The lowest BCUT2D eigenvalue weighted by Gasteiger charge is -2.37. The summed E-state index contributed by atoms with van der Waals surface area (Å²) < 4.78 is 11.4. The highest BCUT2D eigenvalue weighted by atomic mass is 16.5. The first-order valence-corrected chi connectivity index (χ1v) is 8.66. The monoisotopic (exact) mass is 329 g/mol. The third-order valence-electron chi connectivity index (χ3n) is 5.75. The number of amides is 1. The molecule has 1 spiro atoms. The van der Waals surface area contributed by atoms with Crippen molar-refractivity contribution < 1.29 is 19.1 Å². The van der Waals surface area contributed by atoms with Gasteiger partial charge in [-0.15, -0.1) is 0 Å². The van der Waals surface area contributed by atoms with Gasteiger partial charge in [0.25, 0.3) is 0 Å². The lowest BCUT2D eigenvalue weighted by Crippen LogP contribution is -2.45. The first-order valence-electron chi connectivity index (χ1n) is 8.66. The number of methoxy groups -OCH3 is 1. The van der Waals surface area contributed by atoms with Crippen molar-refractivity contribution in [2.75, 3.05) is 13.7 Å². The number of fused-ring (bicyclic) bond motifs is 3. The van der Waals surface area contributed by atoms with Gasteiger partial charge in [0, 0.05) is 25.0 Å². The number of hydrogen-bond acceptors (Lipinski definition) is 4. The Morgan fingerprint density at radius 3 is 3.04 bits per heavy atom. The van der Waals surface area contributed by atoms with Crippen molar-refractivity contribution in [1.29, 1.82) is 0 Å². The van der Waals surface area contributed by atoms with Crippen LogP contribution in [-0.2, 0) is 9.53 Å². The predicted octanol–water partition coefficient (Wildman–Crippen LogP) is 2.20. The molecule has 1 aromatic carbocycles. The first kappa shape index (κ1) is 15.6. The fourth-order valence-electron chi connectivity index (χ4n) is 4.75. The maximum Gasteiger partial charge on any atom is 0.224 e. The molecule has 3 aliphatic rings. The molecule has 0 saturated heterocycles. The minimum absolute atomic E-state index is 0.00518. The second-order valence-corrected chi connectivity index (χ2v) is 7.38. The molecule has 5 atom stereocenters. The van der Waals surface area contributed by atoms with Crippen LogP contribution >= 0.6 is 0 Å². The topological polar surface area (TPSA) is 64.6 Å². The number of para-hydroxylation sites is 1. The largest absolute Gasteiger partial charge is 0.486 e. The van der Waals surface area contributed by atoms with Crippen molar-refractivity contribution in [2.45, 2.75) is 37.8 Å². The van der Waals surface area contributed by atoms with Crippen LogP contribution in [0.3, 0.4) is 0 Å². The van der Waals surface area contributed by atoms with Gasteiger partial charge in [-0.25, -0.2) is 0 Å². The van der Waals surface area contributed by atoms with E-state index >= 15 is 0 Å². The van der Waals surface area contributed by atoms with Crippen molar-refractivity contribution >= 4 is 11.7 Å². The highest BCUT2D eigenvalue weighted by Crippen LogP contribution is 2.65. The molecular weight excluding hydrogens is 306 g/mol. The maximum atomic E-state index is 12.6. The SMILES string of the molecule is COC[C@H](C)NC(=O)[C@@H]1[C@@H]2CC[C@@]3(CC(=O)c4ccccc4O3)[C@@H]21. The normalized spacial score (nSPS) is 34.2. The second kappa shape index (κ2) is 5.59. The molecule has 1 N–H and O–H groups in total. The Hall–Kier alpha value is -1.88. The molecule has 24 heavy (non-hydrogen) atoms. The van der Waals surface area contributed by atoms with Crippen molar-refractivity contribution in [3.05, 3.63) is 29.8 Å². The number of carbonyl (C=O) groups is 2. The van der Waals surface area contributed by atoms with Gasteiger partial charge < -0.3 is 14.8 Å². The third kappa shape index (κ3) is 2.34. The number of ketones is 1. The molecule has 0 aromatic heterocycles. The number of benzene rings is 1. The summed E-state index contributed by atoms with van der Waals surface area (Å²) in [6.45, 7) is 2.44. The summed E-state index contributed by atoms with van der Waals surface area (Å²) in [7, 11) is 1.63. The van der Waals surface area contributed by atoms with E-state index < -0.39 is 5.60 Å². The molecular formula is C19H23NO4. The Morgan fingerprint density at radius 2 is 2.25 bits per heavy atom. The van der Waals surface area contributed by atoms with Crippen LogP contribution in [0.1, 0.15) is 36.5 Å². The van der Waals surface area contributed by atoms with Gasteiger partial charge in [-0.2, -0.15) is 0 Å². The Kier molecular flexibility index (Phi) is 3.64. The van der Waals surface area contributed by atoms with Crippen molar-refractivity contribution in [2.24, 2.45) is 17.8 Å². The smallest absolute Gasteiger partial charge is 0.224 e. The highest BCUT2D eigenvalue weighted by Gasteiger charge is 2.70. The van der Waals surface area contributed by atoms with Crippen molar-refractivity contribution in [3.63, 3.8) is 0 Å². The van der Waals surface area contributed by atoms with E-state index in [4.69, 9.17) is 9.47 Å². The summed E-state index contributed by atoms with van der Waals surface area (Å²) in [6.07, 6.45) is 2.21. The third-order valence-corrected chi connectivity index (χ3v) is 5.75. The predicted molar refractivity (Wildman–Crippen MR) is 87.9 cm³/mol. The van der Waals surface area contributed by atoms with Gasteiger partial charge in [0.05, 0.1) is 18.6 Å². The maximum absolute atomic E-state index is 12.6. The van der Waals surface area contributed by atoms with Gasteiger partial charge in [-0.1, -0.05) is 12.1 Å². The van der Waals surface area contributed by atoms with E-state index in [-0.39, 0.29) is 29.6 Å². The van der Waals surface area contributed by atoms with Crippen LogP contribution in [0.25, 0.3) is 0 Å². The van der Waals surface area contributed by atoms with Gasteiger partial charge in [0.2, 0.25) is 5.91 Å². The molecule has 1 heterocycles. The van der Waals surface area contributed by atoms with Crippen LogP contribution in [0.2, 0.25) is 0 Å². The summed E-state index contributed by atoms with van der Waals surface area (Å²) in [5, 5.41) is 3.02. The van der Waals surface area contributed by atoms with Crippen LogP contribution < -0.4 is 10.1 Å². The van der Waals surface area contributed by atoms with E-state index in [0.717, 1.165) is 12.8 Å². The molecule has 1 aromatic rings. The van der Waals surface area contributed by atoms with Gasteiger partial charge in [-0.3, -0.25) is 9.59 Å². The number of nitrogens with one attached hydrogen (secondary N) is 1. The van der Waals surface area contributed by atoms with Crippen LogP contribution in [0.5, 0.6) is 5.75 Å². The molecule has 4 rings (SSSR count). The van der Waals surface area contributed by atoms with Gasteiger partial charge in [-0.05, 0) is 37.8 Å². The van der Waals surface area contributed by atoms with Crippen molar-refractivity contribution in [3.8, 4) is 5.75 Å². The zero-order valence-corrected chi connectivity index (χ0v) is 14.1. The molecule has 5 nitrogen and oxygen atoms in total. The molecule has 5 heteroatoms. The zero-order valence-electron chi connectivity index (χ0n) is 14.1. The van der Waals surface area contributed by atoms with E-state index in [0.29, 0.717) is 30.3 Å². The quantitative estimate of drug-likeness (QED) is 0.920. The molecule has 2 fully saturated rings. The van der Waals surface area contributed by atoms with Crippen LogP contribution in [0.15, 0.2) is 24.3 Å². The second-order valence-electron chi connectivity index (χ2n) is 7.38. The van der Waals surface area contributed by atoms with Gasteiger partial charge >= 0.3 is 0 Å². The fraction of sp³-hybridized carbons (Fsp3) is 0.579. The fourth-order valence-corrected chi connectivity index (χ4v) is 4.75. The molecule has 1 aliphatic heterocycles. The molecule has 1 amide bonds. The molecule has 2 saturated carbocycles. The Bertz CT molecular complexity index is 688. The van der Waals surface area contributed by atoms with E-state index in [1.165, 1.54) is 0 Å². The average Bonchev–Trinajstić information content (AvgIpc) is 3.20. The summed E-state index contributed by atoms with van der Waals surface area (Å²) in [4.78, 5) is 25.1. The summed E-state index contributed by atoms with van der Waals surface area (Å²) in [5.74, 6) is 1.35. The number of hydrogen-bond donors (Lipinski definition) is 1. The minimum Gasteiger partial charge on any atom is -0.486 e. The zero-order chi connectivity index (χ0) is 16.9. The summed E-state index contributed by atoms with van der Waals surface area (Å²) in [6, 6.07) is 7.43. The lowest BCUT2D eigenvalue weighted by molar-refractivity contribution is -0.125. The lowest BCUT2D eigenvalue weighted by atomic mass is 9.84. The minimum atomic E-state index is -0.484. The van der Waals surface area contributed by atoms with Gasteiger partial charge in [0.1, 0.15) is 11.4 Å². The van der Waals surface area contributed by atoms with E-state index in [1.54, 1.807) is 7.11 Å². The Morgan fingerprint density at radius 1 is 1.46 bits per heavy atom. The van der Waals surface area contributed by atoms with E-state index in [1.807, 2.05) is 31.2 Å². The number of Topliss-reactive ketones (excluding diaryl/α,β-unsaturated/α-hetero) is 1. The van der Waals surface area contributed by atoms with Crippen LogP contribution in [-0.4, -0.2) is 37.0 Å². The summed E-state index contributed by atoms with van der Waals surface area (Å²) in [5.41, 5.74) is 0.185. The van der Waals surface area contributed by atoms with Crippen LogP contribution in [0.4, 0.5) is 0 Å². The highest BCUT2D eigenvalue weighted by molar-refractivity contribution is 6.00. The number of carbonyl (C=O) groups excluding carboxylic acids is 2.